The van der Waals surface area contributed by atoms with E-state index in [9.17, 15) is 18.4 Å². The molecule has 1 aromatic heterocycles. The first-order valence-corrected chi connectivity index (χ1v) is 9.54. The number of alkyl halides is 2. The Balaban J connectivity index is 1.74. The molecule has 1 aromatic carbocycles. The first-order chi connectivity index (χ1) is 14.8. The number of carbonyl (C=O) groups excluding carboxylic acids is 2. The van der Waals surface area contributed by atoms with Gasteiger partial charge in [0.05, 0.1) is 24.4 Å². The number of ether oxygens (including phenoxy) is 2. The van der Waals surface area contributed by atoms with Gasteiger partial charge in [0.2, 0.25) is 5.91 Å². The third-order valence-corrected chi connectivity index (χ3v) is 5.13. The highest BCUT2D eigenvalue weighted by atomic mass is 19.3. The number of rotatable bonds is 5. The average molecular weight is 439 g/mol. The number of halogens is 3. The summed E-state index contributed by atoms with van der Waals surface area (Å²) in [7, 11) is 0. The van der Waals surface area contributed by atoms with Crippen LogP contribution in [0.15, 0.2) is 18.3 Å². The number of fused-ring (bicyclic) bond motifs is 3. The zero-order chi connectivity index (χ0) is 22.3. The van der Waals surface area contributed by atoms with Gasteiger partial charge in [0.15, 0.2) is 17.4 Å². The van der Waals surface area contributed by atoms with Gasteiger partial charge in [0.25, 0.3) is 12.3 Å². The molecule has 31 heavy (non-hydrogen) atoms. The van der Waals surface area contributed by atoms with Crippen LogP contribution in [0.2, 0.25) is 0 Å². The van der Waals surface area contributed by atoms with Crippen LogP contribution < -0.4 is 20.7 Å². The maximum Gasteiger partial charge on any atom is 0.261 e. The second-order valence-electron chi connectivity index (χ2n) is 7.22. The number of nitrogens with one attached hydrogen (secondary N) is 1. The fraction of sp³-hybridized carbons (Fsp3) is 0.421. The topological polar surface area (TPSA) is 112 Å². The van der Waals surface area contributed by atoms with Crippen LogP contribution in [0, 0.1) is 5.82 Å². The number of nitrogens with two attached hydrogens (primary N) is 1. The predicted octanol–water partition coefficient (Wildman–Crippen LogP) is 1.36. The van der Waals surface area contributed by atoms with Gasteiger partial charge >= 0.3 is 0 Å². The van der Waals surface area contributed by atoms with Crippen molar-refractivity contribution < 1.29 is 32.2 Å². The van der Waals surface area contributed by atoms with E-state index in [1.165, 1.54) is 25.3 Å². The number of benzene rings is 1. The van der Waals surface area contributed by atoms with Gasteiger partial charge in [0, 0.05) is 6.20 Å². The number of amides is 2. The Kier molecular flexibility index (Phi) is 5.48. The Bertz CT molecular complexity index is 1030. The first kappa shape index (κ1) is 21.0. The summed E-state index contributed by atoms with van der Waals surface area (Å²) in [5, 5.41) is 2.68. The summed E-state index contributed by atoms with van der Waals surface area (Å²) < 4.78 is 54.1. The van der Waals surface area contributed by atoms with Crippen LogP contribution in [-0.4, -0.2) is 59.7 Å². The van der Waals surface area contributed by atoms with Gasteiger partial charge in [-0.05, 0) is 19.1 Å². The van der Waals surface area contributed by atoms with Crippen molar-refractivity contribution in [2.45, 2.75) is 32.0 Å². The van der Waals surface area contributed by atoms with Crippen molar-refractivity contribution in [1.29, 1.82) is 0 Å². The number of nitrogens with zero attached hydrogens (tertiary/aromatic N) is 3. The van der Waals surface area contributed by atoms with E-state index in [0.29, 0.717) is 0 Å². The number of hydrogen-bond acceptors (Lipinski definition) is 6. The van der Waals surface area contributed by atoms with Crippen molar-refractivity contribution in [3.8, 4) is 17.1 Å². The number of hydrogen-bond donors (Lipinski definition) is 2. The second kappa shape index (κ2) is 8.10. The van der Waals surface area contributed by atoms with E-state index < -0.39 is 36.1 Å². The van der Waals surface area contributed by atoms with E-state index in [0.717, 1.165) is 4.90 Å². The van der Waals surface area contributed by atoms with Crippen LogP contribution in [0.25, 0.3) is 11.4 Å². The van der Waals surface area contributed by atoms with Gasteiger partial charge in [-0.2, -0.15) is 0 Å². The summed E-state index contributed by atoms with van der Waals surface area (Å²) in [4.78, 5) is 28.8. The first-order valence-electron chi connectivity index (χ1n) is 9.54. The molecular formula is C19H20F3N5O4. The molecule has 0 unspecified atom stereocenters. The fourth-order valence-electron chi connectivity index (χ4n) is 3.52. The lowest BCUT2D eigenvalue weighted by molar-refractivity contribution is -0.130. The minimum absolute atomic E-state index is 0.0198. The Morgan fingerprint density at radius 3 is 2.87 bits per heavy atom. The van der Waals surface area contributed by atoms with E-state index in [4.69, 9.17) is 15.2 Å². The predicted molar refractivity (Wildman–Crippen MR) is 103 cm³/mol. The number of anilines is 2. The Morgan fingerprint density at radius 2 is 2.16 bits per heavy atom. The molecule has 1 fully saturated rings. The van der Waals surface area contributed by atoms with E-state index >= 15 is 4.39 Å². The molecule has 166 valence electrons. The van der Waals surface area contributed by atoms with Gasteiger partial charge in [-0.15, -0.1) is 0 Å². The fourth-order valence-corrected chi connectivity index (χ4v) is 3.52. The molecule has 1 saturated heterocycles. The highest BCUT2D eigenvalue weighted by Gasteiger charge is 2.38. The maximum atomic E-state index is 15.1. The zero-order valence-electron chi connectivity index (χ0n) is 16.5. The smallest absolute Gasteiger partial charge is 0.261 e. The summed E-state index contributed by atoms with van der Waals surface area (Å²) in [6.07, 6.45) is -1.36. The lowest BCUT2D eigenvalue weighted by atomic mass is 10.1. The molecule has 0 aliphatic carbocycles. The van der Waals surface area contributed by atoms with Crippen molar-refractivity contribution >= 4 is 23.3 Å². The van der Waals surface area contributed by atoms with Crippen molar-refractivity contribution in [1.82, 2.24) is 9.55 Å². The SMILES string of the molecule is C[C@H](Nc1ccc2c(c1F)OCCn1cc(N3C(=O)COC[C@H]3C(F)F)nc1-2)C(N)=O. The van der Waals surface area contributed by atoms with Crippen molar-refractivity contribution in [3.05, 3.63) is 24.1 Å². The normalized spacial score (nSPS) is 19.3. The Labute approximate surface area is 174 Å². The third kappa shape index (κ3) is 3.78. The van der Waals surface area contributed by atoms with Crippen LogP contribution in [0.5, 0.6) is 5.75 Å². The highest BCUT2D eigenvalue weighted by molar-refractivity contribution is 5.95. The van der Waals surface area contributed by atoms with E-state index in [2.05, 4.69) is 10.3 Å². The number of carbonyl (C=O) groups is 2. The average Bonchev–Trinajstić information content (AvgIpc) is 3.05. The van der Waals surface area contributed by atoms with E-state index in [-0.39, 0.29) is 55.0 Å². The lowest BCUT2D eigenvalue weighted by Gasteiger charge is -2.33. The van der Waals surface area contributed by atoms with Crippen molar-refractivity contribution in [2.75, 3.05) is 30.0 Å². The molecule has 2 aliphatic rings. The molecule has 2 atom stereocenters. The van der Waals surface area contributed by atoms with Crippen LogP contribution >= 0.6 is 0 Å². The van der Waals surface area contributed by atoms with Gasteiger partial charge in [-0.1, -0.05) is 0 Å². The van der Waals surface area contributed by atoms with Gasteiger partial charge in [-0.25, -0.2) is 18.2 Å². The molecule has 2 aliphatic heterocycles. The molecule has 9 nitrogen and oxygen atoms in total. The number of imidazole rings is 1. The summed E-state index contributed by atoms with van der Waals surface area (Å²) in [5.41, 5.74) is 5.52. The summed E-state index contributed by atoms with van der Waals surface area (Å²) >= 11 is 0. The molecule has 2 amide bonds. The van der Waals surface area contributed by atoms with Crippen LogP contribution in [-0.2, 0) is 20.9 Å². The summed E-state index contributed by atoms with van der Waals surface area (Å²) in [6, 6.07) is 0.664. The molecule has 3 N–H and O–H groups in total. The lowest BCUT2D eigenvalue weighted by Crippen LogP contribution is -2.53. The molecule has 2 aromatic rings. The van der Waals surface area contributed by atoms with Crippen LogP contribution in [0.4, 0.5) is 24.7 Å². The molecular weight excluding hydrogens is 419 g/mol. The van der Waals surface area contributed by atoms with Crippen LogP contribution in [0.3, 0.4) is 0 Å². The second-order valence-corrected chi connectivity index (χ2v) is 7.22. The van der Waals surface area contributed by atoms with E-state index in [1.54, 1.807) is 4.57 Å². The summed E-state index contributed by atoms with van der Waals surface area (Å²) in [5.74, 6) is -1.82. The maximum absolute atomic E-state index is 15.1. The van der Waals surface area contributed by atoms with Crippen LogP contribution in [0.1, 0.15) is 6.92 Å². The minimum atomic E-state index is -2.82. The van der Waals surface area contributed by atoms with Crippen molar-refractivity contribution in [3.63, 3.8) is 0 Å². The van der Waals surface area contributed by atoms with Crippen molar-refractivity contribution in [2.24, 2.45) is 5.73 Å². The van der Waals surface area contributed by atoms with Gasteiger partial charge in [0.1, 0.15) is 31.1 Å². The Hall–Kier alpha value is -3.28. The molecule has 0 radical (unpaired) electrons. The Morgan fingerprint density at radius 1 is 1.39 bits per heavy atom. The molecule has 0 saturated carbocycles. The standard InChI is InChI=1S/C19H20F3N5O4/c1-9(18(23)29)24-11-3-2-10-16(15(11)20)31-5-4-26-6-13(25-19(10)26)27-12(17(21)22)7-30-8-14(27)28/h2-3,6,9,12,17,24H,4-5,7-8H2,1H3,(H2,23,29)/t9-,12-/m0/s1. The third-order valence-electron chi connectivity index (χ3n) is 5.13. The largest absolute Gasteiger partial charge is 0.488 e. The minimum Gasteiger partial charge on any atom is -0.488 e. The quantitative estimate of drug-likeness (QED) is 0.728. The monoisotopic (exact) mass is 439 g/mol. The molecule has 4 rings (SSSR count). The van der Waals surface area contributed by atoms with Gasteiger partial charge in [-0.3, -0.25) is 14.5 Å². The molecule has 0 spiro atoms. The highest BCUT2D eigenvalue weighted by Crippen LogP contribution is 2.39. The number of aromatic nitrogens is 2. The number of morpholine rings is 1. The molecule has 0 bridgehead atoms. The summed E-state index contributed by atoms with van der Waals surface area (Å²) in [6.45, 7) is 1.19. The zero-order valence-corrected chi connectivity index (χ0v) is 16.5. The van der Waals surface area contributed by atoms with Gasteiger partial charge < -0.3 is 25.1 Å². The number of primary amides is 1. The van der Waals surface area contributed by atoms with E-state index in [1.807, 2.05) is 0 Å². The molecule has 12 heteroatoms. The molecule has 3 heterocycles.